The highest BCUT2D eigenvalue weighted by Crippen LogP contribution is 2.29. The van der Waals surface area contributed by atoms with Crippen molar-refractivity contribution in [2.75, 3.05) is 13.2 Å². The second kappa shape index (κ2) is 3.09. The standard InChI is InChI=1S/C6H10Cl2O/c7-6(8)3-1-2-4-9-5-6/h1-5H2. The molecule has 1 fully saturated rings. The van der Waals surface area contributed by atoms with E-state index in [2.05, 4.69) is 0 Å². The average Bonchev–Trinajstić information content (AvgIpc) is 1.92. The third kappa shape index (κ3) is 2.74. The normalized spacial score (nSPS) is 27.3. The maximum Gasteiger partial charge on any atom is 0.141 e. The third-order valence-corrected chi connectivity index (χ3v) is 1.99. The Kier molecular flexibility index (Phi) is 2.62. The van der Waals surface area contributed by atoms with Crippen molar-refractivity contribution in [1.82, 2.24) is 0 Å². The first kappa shape index (κ1) is 7.64. The molecule has 0 aromatic carbocycles. The van der Waals surface area contributed by atoms with Crippen LogP contribution in [0.15, 0.2) is 0 Å². The first-order valence-corrected chi connectivity index (χ1v) is 3.92. The van der Waals surface area contributed by atoms with Gasteiger partial charge in [0.2, 0.25) is 0 Å². The van der Waals surface area contributed by atoms with E-state index in [1.807, 2.05) is 0 Å². The number of alkyl halides is 2. The number of rotatable bonds is 0. The lowest BCUT2D eigenvalue weighted by molar-refractivity contribution is 0.140. The summed E-state index contributed by atoms with van der Waals surface area (Å²) in [5, 5.41) is 0. The van der Waals surface area contributed by atoms with Gasteiger partial charge >= 0.3 is 0 Å². The minimum absolute atomic E-state index is 0.482. The summed E-state index contributed by atoms with van der Waals surface area (Å²) < 4.78 is 4.53. The van der Waals surface area contributed by atoms with Crippen LogP contribution in [-0.4, -0.2) is 17.5 Å². The van der Waals surface area contributed by atoms with Crippen LogP contribution in [0, 0.1) is 0 Å². The molecule has 0 radical (unpaired) electrons. The zero-order valence-electron chi connectivity index (χ0n) is 5.20. The quantitative estimate of drug-likeness (QED) is 0.505. The second-order valence-corrected chi connectivity index (χ2v) is 4.01. The molecule has 1 aliphatic rings. The molecule has 0 aromatic rings. The zero-order chi connectivity index (χ0) is 6.74. The maximum atomic E-state index is 5.82. The van der Waals surface area contributed by atoms with Crippen LogP contribution in [-0.2, 0) is 4.74 Å². The minimum Gasteiger partial charge on any atom is -0.378 e. The number of hydrogen-bond acceptors (Lipinski definition) is 1. The van der Waals surface area contributed by atoms with Gasteiger partial charge in [-0.1, -0.05) is 23.2 Å². The number of halogens is 2. The number of hydrogen-bond donors (Lipinski definition) is 0. The van der Waals surface area contributed by atoms with Crippen molar-refractivity contribution in [3.05, 3.63) is 0 Å². The van der Waals surface area contributed by atoms with Crippen molar-refractivity contribution in [3.8, 4) is 0 Å². The van der Waals surface area contributed by atoms with Crippen molar-refractivity contribution in [3.63, 3.8) is 0 Å². The molecule has 1 heterocycles. The SMILES string of the molecule is ClC1(Cl)CCCCOC1. The monoisotopic (exact) mass is 168 g/mol. The Morgan fingerprint density at radius 2 is 2.00 bits per heavy atom. The van der Waals surface area contributed by atoms with E-state index in [1.54, 1.807) is 0 Å². The Labute approximate surface area is 65.3 Å². The topological polar surface area (TPSA) is 9.23 Å². The molecule has 1 rings (SSSR count). The van der Waals surface area contributed by atoms with Crippen molar-refractivity contribution >= 4 is 23.2 Å². The van der Waals surface area contributed by atoms with E-state index < -0.39 is 4.33 Å². The summed E-state index contributed by atoms with van der Waals surface area (Å²) in [6, 6.07) is 0. The van der Waals surface area contributed by atoms with Gasteiger partial charge in [-0.05, 0) is 19.3 Å². The second-order valence-electron chi connectivity index (χ2n) is 2.37. The molecule has 3 heteroatoms. The minimum atomic E-state index is -0.615. The van der Waals surface area contributed by atoms with Gasteiger partial charge in [-0.2, -0.15) is 0 Å². The van der Waals surface area contributed by atoms with Gasteiger partial charge in [0.25, 0.3) is 0 Å². The third-order valence-electron chi connectivity index (χ3n) is 1.39. The lowest BCUT2D eigenvalue weighted by Gasteiger charge is -2.14. The van der Waals surface area contributed by atoms with Crippen LogP contribution in [0.5, 0.6) is 0 Å². The molecule has 0 unspecified atom stereocenters. The molecule has 0 saturated carbocycles. The average molecular weight is 169 g/mol. The summed E-state index contributed by atoms with van der Waals surface area (Å²) in [5.74, 6) is 0. The molecule has 1 aliphatic heterocycles. The van der Waals surface area contributed by atoms with E-state index in [4.69, 9.17) is 27.9 Å². The fourth-order valence-corrected chi connectivity index (χ4v) is 1.30. The van der Waals surface area contributed by atoms with Crippen LogP contribution in [0.3, 0.4) is 0 Å². The molecule has 0 aliphatic carbocycles. The van der Waals surface area contributed by atoms with E-state index in [-0.39, 0.29) is 0 Å². The molecule has 0 N–H and O–H groups in total. The molecule has 9 heavy (non-hydrogen) atoms. The fourth-order valence-electron chi connectivity index (χ4n) is 0.881. The molecule has 0 amide bonds. The van der Waals surface area contributed by atoms with Crippen LogP contribution < -0.4 is 0 Å². The molecule has 0 bridgehead atoms. The van der Waals surface area contributed by atoms with E-state index >= 15 is 0 Å². The molecule has 54 valence electrons. The van der Waals surface area contributed by atoms with E-state index in [0.29, 0.717) is 6.61 Å². The van der Waals surface area contributed by atoms with Crippen molar-refractivity contribution < 1.29 is 4.74 Å². The highest BCUT2D eigenvalue weighted by atomic mass is 35.5. The maximum absolute atomic E-state index is 5.82. The van der Waals surface area contributed by atoms with Crippen LogP contribution in [0.25, 0.3) is 0 Å². The van der Waals surface area contributed by atoms with Crippen LogP contribution in [0.4, 0.5) is 0 Å². The van der Waals surface area contributed by atoms with Crippen molar-refractivity contribution in [2.45, 2.75) is 23.6 Å². The fraction of sp³-hybridized carbons (Fsp3) is 1.00. The van der Waals surface area contributed by atoms with Crippen LogP contribution in [0.2, 0.25) is 0 Å². The van der Waals surface area contributed by atoms with Gasteiger partial charge in [0.05, 0.1) is 6.61 Å². The van der Waals surface area contributed by atoms with Crippen molar-refractivity contribution in [2.24, 2.45) is 0 Å². The predicted molar refractivity (Wildman–Crippen MR) is 39.1 cm³/mol. The van der Waals surface area contributed by atoms with Gasteiger partial charge < -0.3 is 4.74 Å². The molecule has 0 aromatic heterocycles. The Bertz CT molecular complexity index is 83.1. The van der Waals surface area contributed by atoms with Gasteiger partial charge in [-0.15, -0.1) is 0 Å². The largest absolute Gasteiger partial charge is 0.378 e. The van der Waals surface area contributed by atoms with Gasteiger partial charge in [0.1, 0.15) is 4.33 Å². The molecular formula is C6H10Cl2O. The molecule has 1 nitrogen and oxygen atoms in total. The first-order chi connectivity index (χ1) is 4.21. The molecule has 1 saturated heterocycles. The lowest BCUT2D eigenvalue weighted by Crippen LogP contribution is -2.17. The highest BCUT2D eigenvalue weighted by Gasteiger charge is 2.25. The number of ether oxygens (including phenoxy) is 1. The lowest BCUT2D eigenvalue weighted by atomic mass is 10.2. The Morgan fingerprint density at radius 1 is 1.22 bits per heavy atom. The Morgan fingerprint density at radius 3 is 2.78 bits per heavy atom. The summed E-state index contributed by atoms with van der Waals surface area (Å²) in [7, 11) is 0. The first-order valence-electron chi connectivity index (χ1n) is 3.16. The van der Waals surface area contributed by atoms with Gasteiger partial charge in [-0.3, -0.25) is 0 Å². The smallest absolute Gasteiger partial charge is 0.141 e. The van der Waals surface area contributed by atoms with Crippen molar-refractivity contribution in [1.29, 1.82) is 0 Å². The van der Waals surface area contributed by atoms with Gasteiger partial charge in [-0.25, -0.2) is 0 Å². The van der Waals surface area contributed by atoms with Crippen LogP contribution in [0.1, 0.15) is 19.3 Å². The van der Waals surface area contributed by atoms with E-state index in [0.717, 1.165) is 25.9 Å². The van der Waals surface area contributed by atoms with E-state index in [9.17, 15) is 0 Å². The van der Waals surface area contributed by atoms with Crippen LogP contribution >= 0.6 is 23.2 Å². The predicted octanol–water partition coefficient (Wildman–Crippen LogP) is 2.36. The van der Waals surface area contributed by atoms with Gasteiger partial charge in [0.15, 0.2) is 0 Å². The Balaban J connectivity index is 2.36. The van der Waals surface area contributed by atoms with E-state index in [1.165, 1.54) is 0 Å². The van der Waals surface area contributed by atoms with Gasteiger partial charge in [0, 0.05) is 6.61 Å². The Hall–Kier alpha value is 0.540. The summed E-state index contributed by atoms with van der Waals surface area (Å²) in [6.07, 6.45) is 3.02. The zero-order valence-corrected chi connectivity index (χ0v) is 6.71. The summed E-state index contributed by atoms with van der Waals surface area (Å²) >= 11 is 11.6. The molecular weight excluding hydrogens is 159 g/mol. The highest BCUT2D eigenvalue weighted by molar-refractivity contribution is 6.48. The summed E-state index contributed by atoms with van der Waals surface area (Å²) in [5.41, 5.74) is 0. The summed E-state index contributed by atoms with van der Waals surface area (Å²) in [6.45, 7) is 1.29. The molecule has 0 atom stereocenters. The molecule has 0 spiro atoms. The summed E-state index contributed by atoms with van der Waals surface area (Å²) in [4.78, 5) is 0.